The number of rotatable bonds is 5. The minimum absolute atomic E-state index is 0.0107. The lowest BCUT2D eigenvalue weighted by Gasteiger charge is -2.11. The molecule has 0 bridgehead atoms. The van der Waals surface area contributed by atoms with Gasteiger partial charge in [-0.2, -0.15) is 9.97 Å². The summed E-state index contributed by atoms with van der Waals surface area (Å²) in [4.78, 5) is 12.2. The molecule has 1 fully saturated rings. The Morgan fingerprint density at radius 3 is 2.82 bits per heavy atom. The van der Waals surface area contributed by atoms with Crippen LogP contribution in [-0.4, -0.2) is 47.9 Å². The number of hydrogen-bond donors (Lipinski definition) is 1. The van der Waals surface area contributed by atoms with Gasteiger partial charge in [0.15, 0.2) is 0 Å². The topological polar surface area (TPSA) is 78.4 Å². The van der Waals surface area contributed by atoms with E-state index in [-0.39, 0.29) is 18.1 Å². The van der Waals surface area contributed by atoms with Gasteiger partial charge in [-0.25, -0.2) is 0 Å². The van der Waals surface area contributed by atoms with Crippen molar-refractivity contribution in [3.05, 3.63) is 0 Å². The molecule has 0 aromatic carbocycles. The quantitative estimate of drug-likeness (QED) is 0.801. The van der Waals surface area contributed by atoms with Gasteiger partial charge in [0.2, 0.25) is 5.95 Å². The second-order valence-corrected chi connectivity index (χ2v) is 3.51. The van der Waals surface area contributed by atoms with E-state index in [1.807, 2.05) is 6.92 Å². The molecule has 1 atom stereocenters. The van der Waals surface area contributed by atoms with Crippen molar-refractivity contribution in [1.29, 1.82) is 0 Å². The van der Waals surface area contributed by atoms with Crippen LogP contribution in [0.3, 0.4) is 0 Å². The van der Waals surface area contributed by atoms with Crippen LogP contribution in [0.5, 0.6) is 12.0 Å². The molecule has 1 N–H and O–H groups in total. The second kappa shape index (κ2) is 5.62. The van der Waals surface area contributed by atoms with E-state index in [2.05, 4.69) is 20.3 Å². The molecule has 0 aliphatic carbocycles. The molecule has 1 unspecified atom stereocenters. The maximum Gasteiger partial charge on any atom is 0.324 e. The molecule has 0 amide bonds. The van der Waals surface area contributed by atoms with Gasteiger partial charge in [-0.15, -0.1) is 4.98 Å². The van der Waals surface area contributed by atoms with Crippen molar-refractivity contribution in [2.24, 2.45) is 0 Å². The summed E-state index contributed by atoms with van der Waals surface area (Å²) < 4.78 is 16.1. The third-order valence-electron chi connectivity index (χ3n) is 2.25. The van der Waals surface area contributed by atoms with E-state index in [1.165, 1.54) is 0 Å². The Kier molecular flexibility index (Phi) is 3.92. The second-order valence-electron chi connectivity index (χ2n) is 3.51. The normalized spacial score (nSPS) is 19.1. The first kappa shape index (κ1) is 11.8. The van der Waals surface area contributed by atoms with Crippen LogP contribution in [0.2, 0.25) is 0 Å². The van der Waals surface area contributed by atoms with Crippen LogP contribution >= 0.6 is 0 Å². The highest BCUT2D eigenvalue weighted by Gasteiger charge is 2.19. The molecule has 2 heterocycles. The zero-order chi connectivity index (χ0) is 12.1. The van der Waals surface area contributed by atoms with Gasteiger partial charge in [0.05, 0.1) is 19.8 Å². The van der Waals surface area contributed by atoms with E-state index < -0.39 is 0 Å². The average Bonchev–Trinajstić information content (AvgIpc) is 2.82. The fraction of sp³-hybridized carbons (Fsp3) is 0.700. The summed E-state index contributed by atoms with van der Waals surface area (Å²) in [6.07, 6.45) is 0.862. The number of hydrogen-bond acceptors (Lipinski definition) is 7. The third-order valence-corrected chi connectivity index (χ3v) is 2.25. The molecule has 1 aromatic heterocycles. The summed E-state index contributed by atoms with van der Waals surface area (Å²) >= 11 is 0. The molecule has 17 heavy (non-hydrogen) atoms. The summed E-state index contributed by atoms with van der Waals surface area (Å²) in [6.45, 7) is 3.66. The summed E-state index contributed by atoms with van der Waals surface area (Å²) in [7, 11) is 1.73. The third kappa shape index (κ3) is 3.16. The van der Waals surface area contributed by atoms with Crippen LogP contribution in [0.4, 0.5) is 5.95 Å². The molecule has 1 aromatic rings. The zero-order valence-corrected chi connectivity index (χ0v) is 9.97. The number of nitrogens with one attached hydrogen (secondary N) is 1. The predicted octanol–water partition coefficient (Wildman–Crippen LogP) is 0.480. The van der Waals surface area contributed by atoms with Crippen LogP contribution in [0.25, 0.3) is 0 Å². The molecule has 2 rings (SSSR count). The van der Waals surface area contributed by atoms with Gasteiger partial charge in [-0.05, 0) is 6.92 Å². The minimum atomic E-state index is 0.0107. The summed E-state index contributed by atoms with van der Waals surface area (Å²) in [5.74, 6) is 0.428. The number of anilines is 1. The minimum Gasteiger partial charge on any atom is -0.464 e. The Labute approximate surface area is 99.5 Å². The Morgan fingerprint density at radius 2 is 2.18 bits per heavy atom. The van der Waals surface area contributed by atoms with E-state index in [1.54, 1.807) is 7.05 Å². The van der Waals surface area contributed by atoms with E-state index in [0.717, 1.165) is 6.42 Å². The summed E-state index contributed by atoms with van der Waals surface area (Å²) in [5.41, 5.74) is 0. The molecule has 0 spiro atoms. The summed E-state index contributed by atoms with van der Waals surface area (Å²) in [6, 6.07) is 0.532. The number of nitrogens with zero attached hydrogens (tertiary/aromatic N) is 3. The van der Waals surface area contributed by atoms with E-state index in [4.69, 9.17) is 14.2 Å². The first-order chi connectivity index (χ1) is 8.31. The van der Waals surface area contributed by atoms with Gasteiger partial charge in [0.25, 0.3) is 0 Å². The van der Waals surface area contributed by atoms with E-state index in [0.29, 0.717) is 25.8 Å². The lowest BCUT2D eigenvalue weighted by atomic mass is 10.3. The predicted molar refractivity (Wildman–Crippen MR) is 60.4 cm³/mol. The Morgan fingerprint density at radius 1 is 1.35 bits per heavy atom. The molecule has 7 nitrogen and oxygen atoms in total. The van der Waals surface area contributed by atoms with Crippen LogP contribution in [0, 0.1) is 0 Å². The van der Waals surface area contributed by atoms with Crippen molar-refractivity contribution in [1.82, 2.24) is 15.0 Å². The van der Waals surface area contributed by atoms with Crippen LogP contribution < -0.4 is 14.8 Å². The molecule has 7 heteroatoms. The maximum absolute atomic E-state index is 5.60. The standard InChI is InChI=1S/C10H16N4O3/c1-3-16-9-12-8(11-2)13-10(14-9)17-7-4-5-15-6-7/h7H,3-6H2,1-2H3,(H,11,12,13,14). The average molecular weight is 240 g/mol. The van der Waals surface area contributed by atoms with Gasteiger partial charge in [0.1, 0.15) is 6.10 Å². The highest BCUT2D eigenvalue weighted by molar-refractivity contribution is 5.26. The van der Waals surface area contributed by atoms with Gasteiger partial charge >= 0.3 is 12.0 Å². The zero-order valence-electron chi connectivity index (χ0n) is 9.97. The fourth-order valence-electron chi connectivity index (χ4n) is 1.45. The van der Waals surface area contributed by atoms with Gasteiger partial charge < -0.3 is 19.5 Å². The van der Waals surface area contributed by atoms with Crippen molar-refractivity contribution in [3.8, 4) is 12.0 Å². The molecular weight excluding hydrogens is 224 g/mol. The molecule has 94 valence electrons. The highest BCUT2D eigenvalue weighted by Crippen LogP contribution is 2.16. The number of aromatic nitrogens is 3. The molecule has 1 aliphatic heterocycles. The van der Waals surface area contributed by atoms with Gasteiger partial charge in [-0.3, -0.25) is 0 Å². The van der Waals surface area contributed by atoms with Crippen molar-refractivity contribution in [2.75, 3.05) is 32.2 Å². The largest absolute Gasteiger partial charge is 0.464 e. The molecule has 0 radical (unpaired) electrons. The summed E-state index contributed by atoms with van der Waals surface area (Å²) in [5, 5.41) is 2.84. The fourth-order valence-corrected chi connectivity index (χ4v) is 1.45. The molecular formula is C10H16N4O3. The van der Waals surface area contributed by atoms with Gasteiger partial charge in [-0.1, -0.05) is 0 Å². The monoisotopic (exact) mass is 240 g/mol. The lowest BCUT2D eigenvalue weighted by molar-refractivity contribution is 0.133. The van der Waals surface area contributed by atoms with Crippen LogP contribution in [-0.2, 0) is 4.74 Å². The maximum atomic E-state index is 5.60. The first-order valence-corrected chi connectivity index (χ1v) is 5.63. The Bertz CT molecular complexity index is 369. The first-order valence-electron chi connectivity index (χ1n) is 5.63. The van der Waals surface area contributed by atoms with Crippen molar-refractivity contribution >= 4 is 5.95 Å². The van der Waals surface area contributed by atoms with Crippen molar-refractivity contribution < 1.29 is 14.2 Å². The Balaban J connectivity index is 2.10. The molecule has 1 aliphatic rings. The van der Waals surface area contributed by atoms with Gasteiger partial charge in [0, 0.05) is 13.5 Å². The smallest absolute Gasteiger partial charge is 0.324 e. The SMILES string of the molecule is CCOc1nc(NC)nc(OC2CCOC2)n1. The van der Waals surface area contributed by atoms with Crippen LogP contribution in [0.1, 0.15) is 13.3 Å². The van der Waals surface area contributed by atoms with E-state index in [9.17, 15) is 0 Å². The molecule has 1 saturated heterocycles. The van der Waals surface area contributed by atoms with Crippen molar-refractivity contribution in [2.45, 2.75) is 19.4 Å². The lowest BCUT2D eigenvalue weighted by Crippen LogP contribution is -2.18. The Hall–Kier alpha value is -1.63. The highest BCUT2D eigenvalue weighted by atomic mass is 16.6. The van der Waals surface area contributed by atoms with Crippen LogP contribution in [0.15, 0.2) is 0 Å². The molecule has 0 saturated carbocycles. The van der Waals surface area contributed by atoms with E-state index >= 15 is 0 Å². The van der Waals surface area contributed by atoms with Crippen molar-refractivity contribution in [3.63, 3.8) is 0 Å². The number of ether oxygens (including phenoxy) is 3.